The van der Waals surface area contributed by atoms with Gasteiger partial charge in [0.15, 0.2) is 5.69 Å². The molecule has 0 spiro atoms. The zero-order valence-electron chi connectivity index (χ0n) is 12.0. The summed E-state index contributed by atoms with van der Waals surface area (Å²) in [5, 5.41) is 8.04. The average Bonchev–Trinajstić information content (AvgIpc) is 2.78. The third kappa shape index (κ3) is 4.03. The lowest BCUT2D eigenvalue weighted by molar-refractivity contribution is 0.0948. The van der Waals surface area contributed by atoms with Gasteiger partial charge in [-0.2, -0.15) is 10.2 Å². The van der Waals surface area contributed by atoms with Gasteiger partial charge in [0.05, 0.1) is 9.78 Å². The molecule has 0 saturated heterocycles. The summed E-state index contributed by atoms with van der Waals surface area (Å²) in [4.78, 5) is 13.9. The fraction of sp³-hybridized carbons (Fsp3) is 0.214. The van der Waals surface area contributed by atoms with E-state index in [-0.39, 0.29) is 5.91 Å². The zero-order chi connectivity index (χ0) is 15.4. The second-order valence-electron chi connectivity index (χ2n) is 4.68. The molecule has 2 aromatic rings. The van der Waals surface area contributed by atoms with Crippen molar-refractivity contribution >= 4 is 40.4 Å². The van der Waals surface area contributed by atoms with Gasteiger partial charge in [0.1, 0.15) is 0 Å². The molecule has 1 aromatic heterocycles. The Bertz CT molecular complexity index is 661. The van der Waals surface area contributed by atoms with Crippen LogP contribution in [0.3, 0.4) is 0 Å². The largest absolute Gasteiger partial charge is 0.378 e. The molecule has 1 aromatic carbocycles. The molecule has 110 valence electrons. The molecule has 0 aliphatic carbocycles. The van der Waals surface area contributed by atoms with E-state index < -0.39 is 0 Å². The maximum Gasteiger partial charge on any atom is 0.292 e. The van der Waals surface area contributed by atoms with Gasteiger partial charge in [0, 0.05) is 33.0 Å². The molecule has 0 bridgehead atoms. The number of anilines is 1. The fourth-order valence-electron chi connectivity index (χ4n) is 1.69. The summed E-state index contributed by atoms with van der Waals surface area (Å²) in [5.74, 6) is -0.318. The third-order valence-electron chi connectivity index (χ3n) is 2.79. The van der Waals surface area contributed by atoms with Crippen LogP contribution in [0.2, 0.25) is 0 Å². The van der Waals surface area contributed by atoms with Crippen molar-refractivity contribution in [1.82, 2.24) is 15.2 Å². The van der Waals surface area contributed by atoms with Crippen molar-refractivity contribution in [3.63, 3.8) is 0 Å². The number of nitrogens with one attached hydrogen (secondary N) is 1. The van der Waals surface area contributed by atoms with E-state index in [2.05, 4.69) is 38.2 Å². The minimum absolute atomic E-state index is 0.318. The molecule has 1 amide bonds. The lowest BCUT2D eigenvalue weighted by Crippen LogP contribution is -2.19. The Balaban J connectivity index is 1.99. The Morgan fingerprint density at radius 3 is 2.57 bits per heavy atom. The second-order valence-corrected chi connectivity index (χ2v) is 5.85. The summed E-state index contributed by atoms with van der Waals surface area (Å²) < 4.78 is 2.39. The lowest BCUT2D eigenvalue weighted by Gasteiger charge is -2.11. The van der Waals surface area contributed by atoms with Crippen molar-refractivity contribution in [2.45, 2.75) is 0 Å². The predicted octanol–water partition coefficient (Wildman–Crippen LogP) is 1.85. The Kier molecular flexibility index (Phi) is 4.94. The van der Waals surface area contributed by atoms with Crippen molar-refractivity contribution in [3.05, 3.63) is 45.3 Å². The fourth-order valence-corrected chi connectivity index (χ4v) is 2.45. The van der Waals surface area contributed by atoms with Gasteiger partial charge in [0.25, 0.3) is 5.91 Å². The van der Waals surface area contributed by atoms with E-state index in [0.717, 1.165) is 14.8 Å². The number of carbonyl (C=O) groups is 1. The van der Waals surface area contributed by atoms with Crippen LogP contribution in [0.1, 0.15) is 16.1 Å². The molecule has 0 fully saturated rings. The number of hydrogen-bond acceptors (Lipinski definition) is 4. The minimum Gasteiger partial charge on any atom is -0.378 e. The minimum atomic E-state index is -0.318. The van der Waals surface area contributed by atoms with Crippen molar-refractivity contribution in [2.75, 3.05) is 19.0 Å². The Morgan fingerprint density at radius 1 is 1.38 bits per heavy atom. The van der Waals surface area contributed by atoms with Crippen LogP contribution in [-0.4, -0.2) is 36.0 Å². The number of hydrazone groups is 1. The number of nitrogens with zero attached hydrogens (tertiary/aromatic N) is 4. The summed E-state index contributed by atoms with van der Waals surface area (Å²) in [6.45, 7) is 0. The topological polar surface area (TPSA) is 62.5 Å². The first-order valence-electron chi connectivity index (χ1n) is 6.27. The quantitative estimate of drug-likeness (QED) is 0.487. The molecule has 21 heavy (non-hydrogen) atoms. The van der Waals surface area contributed by atoms with Crippen molar-refractivity contribution in [3.8, 4) is 0 Å². The van der Waals surface area contributed by atoms with Crippen molar-refractivity contribution < 1.29 is 4.79 Å². The van der Waals surface area contributed by atoms with Crippen LogP contribution < -0.4 is 10.3 Å². The lowest BCUT2D eigenvalue weighted by atomic mass is 10.2. The van der Waals surface area contributed by atoms with Crippen LogP contribution in [0, 0.1) is 3.57 Å². The number of benzene rings is 1. The normalized spacial score (nSPS) is 10.9. The highest BCUT2D eigenvalue weighted by atomic mass is 127. The number of amides is 1. The Hall–Kier alpha value is -1.90. The van der Waals surface area contributed by atoms with E-state index >= 15 is 0 Å². The standard InChI is InChI=1S/C14H16IN5O/c1-19(2)11-6-4-10(5-7-11)8-16-17-14(21)13-12(15)9-20(3)18-13/h4-9H,1-3H3,(H,17,21)/b16-8-. The Labute approximate surface area is 137 Å². The number of carbonyl (C=O) groups excluding carboxylic acids is 1. The van der Waals surface area contributed by atoms with Crippen LogP contribution in [0.25, 0.3) is 0 Å². The summed E-state index contributed by atoms with van der Waals surface area (Å²) >= 11 is 2.07. The molecular formula is C14H16IN5O. The van der Waals surface area contributed by atoms with E-state index in [1.165, 1.54) is 0 Å². The summed E-state index contributed by atoms with van der Waals surface area (Å²) in [7, 11) is 5.74. The smallest absolute Gasteiger partial charge is 0.292 e. The van der Waals surface area contributed by atoms with Crippen molar-refractivity contribution in [2.24, 2.45) is 12.1 Å². The molecule has 0 aliphatic rings. The number of halogens is 1. The van der Waals surface area contributed by atoms with Gasteiger partial charge in [-0.3, -0.25) is 9.48 Å². The van der Waals surface area contributed by atoms with Gasteiger partial charge >= 0.3 is 0 Å². The third-order valence-corrected chi connectivity index (χ3v) is 3.58. The number of hydrogen-bond donors (Lipinski definition) is 1. The maximum atomic E-state index is 11.9. The van der Waals surface area contributed by atoms with Crippen molar-refractivity contribution in [1.29, 1.82) is 0 Å². The van der Waals surface area contributed by atoms with E-state index in [4.69, 9.17) is 0 Å². The number of aryl methyl sites for hydroxylation is 1. The van der Waals surface area contributed by atoms with E-state index in [1.807, 2.05) is 43.3 Å². The van der Waals surface area contributed by atoms with E-state index in [1.54, 1.807) is 24.1 Å². The molecule has 0 unspecified atom stereocenters. The molecule has 6 nitrogen and oxygen atoms in total. The predicted molar refractivity (Wildman–Crippen MR) is 91.8 cm³/mol. The highest BCUT2D eigenvalue weighted by molar-refractivity contribution is 14.1. The van der Waals surface area contributed by atoms with Crippen LogP contribution in [0.4, 0.5) is 5.69 Å². The zero-order valence-corrected chi connectivity index (χ0v) is 14.2. The van der Waals surface area contributed by atoms with Gasteiger partial charge in [-0.15, -0.1) is 0 Å². The summed E-state index contributed by atoms with van der Waals surface area (Å²) in [5.41, 5.74) is 4.88. The first kappa shape index (κ1) is 15.5. The van der Waals surface area contributed by atoms with Gasteiger partial charge in [-0.1, -0.05) is 12.1 Å². The van der Waals surface area contributed by atoms with E-state index in [0.29, 0.717) is 5.69 Å². The summed E-state index contributed by atoms with van der Waals surface area (Å²) in [6, 6.07) is 7.86. The first-order chi connectivity index (χ1) is 9.97. The van der Waals surface area contributed by atoms with Crippen LogP contribution >= 0.6 is 22.6 Å². The molecule has 0 atom stereocenters. The van der Waals surface area contributed by atoms with Gasteiger partial charge in [-0.05, 0) is 40.3 Å². The van der Waals surface area contributed by atoms with Gasteiger partial charge in [-0.25, -0.2) is 5.43 Å². The van der Waals surface area contributed by atoms with E-state index in [9.17, 15) is 4.79 Å². The molecular weight excluding hydrogens is 381 g/mol. The molecule has 1 N–H and O–H groups in total. The molecule has 0 radical (unpaired) electrons. The molecule has 7 heteroatoms. The highest BCUT2D eigenvalue weighted by Crippen LogP contribution is 2.11. The van der Waals surface area contributed by atoms with Gasteiger partial charge < -0.3 is 4.90 Å². The average molecular weight is 397 g/mol. The molecule has 0 saturated carbocycles. The van der Waals surface area contributed by atoms with Crippen LogP contribution in [0.5, 0.6) is 0 Å². The molecule has 2 rings (SSSR count). The maximum absolute atomic E-state index is 11.9. The number of rotatable bonds is 4. The first-order valence-corrected chi connectivity index (χ1v) is 7.35. The second kappa shape index (κ2) is 6.70. The number of aromatic nitrogens is 2. The Morgan fingerprint density at radius 2 is 2.05 bits per heavy atom. The summed E-state index contributed by atoms with van der Waals surface area (Å²) in [6.07, 6.45) is 3.38. The molecule has 1 heterocycles. The monoisotopic (exact) mass is 397 g/mol. The van der Waals surface area contributed by atoms with Crippen LogP contribution in [0.15, 0.2) is 35.6 Å². The van der Waals surface area contributed by atoms with Gasteiger partial charge in [0.2, 0.25) is 0 Å². The SMILES string of the molecule is CN(C)c1ccc(/C=N\NC(=O)c2nn(C)cc2I)cc1. The highest BCUT2D eigenvalue weighted by Gasteiger charge is 2.13. The molecule has 0 aliphatic heterocycles. The van der Waals surface area contributed by atoms with Crippen LogP contribution in [-0.2, 0) is 7.05 Å².